The van der Waals surface area contributed by atoms with Crippen LogP contribution in [0.2, 0.25) is 0 Å². The van der Waals surface area contributed by atoms with Crippen molar-refractivity contribution in [1.29, 1.82) is 0 Å². The molecule has 0 bridgehead atoms. The van der Waals surface area contributed by atoms with Crippen molar-refractivity contribution in [2.75, 3.05) is 21.3 Å². The predicted molar refractivity (Wildman–Crippen MR) is 113 cm³/mol. The van der Waals surface area contributed by atoms with Crippen molar-refractivity contribution in [2.24, 2.45) is 5.41 Å². The third-order valence-corrected chi connectivity index (χ3v) is 4.02. The van der Waals surface area contributed by atoms with Gasteiger partial charge in [0.25, 0.3) is 0 Å². The van der Waals surface area contributed by atoms with Gasteiger partial charge in [-0.2, -0.15) is 0 Å². The Morgan fingerprint density at radius 2 is 0.931 bits per heavy atom. The van der Waals surface area contributed by atoms with Gasteiger partial charge in [0.2, 0.25) is 23.6 Å². The van der Waals surface area contributed by atoms with Gasteiger partial charge in [0.05, 0.1) is 0 Å². The number of anilines is 4. The molecule has 0 fully saturated rings. The number of carbonyl (C=O) groups is 4. The van der Waals surface area contributed by atoms with Gasteiger partial charge in [-0.05, 0) is 50.2 Å². The molecule has 0 unspecified atom stereocenters. The Morgan fingerprint density at radius 1 is 0.621 bits per heavy atom. The van der Waals surface area contributed by atoms with Gasteiger partial charge in [0, 0.05) is 36.6 Å². The molecule has 2 aromatic carbocycles. The molecule has 0 heterocycles. The van der Waals surface area contributed by atoms with Crippen molar-refractivity contribution in [2.45, 2.75) is 27.7 Å². The van der Waals surface area contributed by atoms with Crippen LogP contribution in [0.1, 0.15) is 27.7 Å². The summed E-state index contributed by atoms with van der Waals surface area (Å²) in [7, 11) is 0. The topological polar surface area (TPSA) is 116 Å². The van der Waals surface area contributed by atoms with Crippen LogP contribution in [0.3, 0.4) is 0 Å². The highest BCUT2D eigenvalue weighted by atomic mass is 16.2. The average molecular weight is 396 g/mol. The van der Waals surface area contributed by atoms with E-state index in [0.717, 1.165) is 0 Å². The van der Waals surface area contributed by atoms with Crippen LogP contribution in [0.5, 0.6) is 0 Å². The van der Waals surface area contributed by atoms with Crippen LogP contribution in [0, 0.1) is 5.41 Å². The van der Waals surface area contributed by atoms with Gasteiger partial charge in [-0.3, -0.25) is 19.2 Å². The fraction of sp³-hybridized carbons (Fsp3) is 0.238. The normalized spacial score (nSPS) is 10.6. The quantitative estimate of drug-likeness (QED) is 0.561. The van der Waals surface area contributed by atoms with Crippen LogP contribution in [-0.2, 0) is 19.2 Å². The smallest absolute Gasteiger partial charge is 0.239 e. The first-order valence-electron chi connectivity index (χ1n) is 8.96. The zero-order chi connectivity index (χ0) is 21.6. The van der Waals surface area contributed by atoms with Gasteiger partial charge >= 0.3 is 0 Å². The van der Waals surface area contributed by atoms with Gasteiger partial charge in [-0.15, -0.1) is 0 Å². The lowest BCUT2D eigenvalue weighted by molar-refractivity contribution is -0.135. The minimum atomic E-state index is -1.38. The third-order valence-electron chi connectivity index (χ3n) is 4.02. The standard InChI is InChI=1S/C21H24N4O4/c1-13(26)22-15-7-5-9-17(11-15)24-19(28)21(3,4)20(29)25-18-10-6-8-16(12-18)23-14(2)27/h5-12H,1-4H3,(H,22,26)(H,23,27)(H,24,28)(H,25,29). The highest BCUT2D eigenvalue weighted by molar-refractivity contribution is 6.14. The van der Waals surface area contributed by atoms with Crippen LogP contribution in [0.15, 0.2) is 48.5 Å². The maximum absolute atomic E-state index is 12.7. The van der Waals surface area contributed by atoms with Crippen molar-refractivity contribution < 1.29 is 19.2 Å². The van der Waals surface area contributed by atoms with E-state index in [4.69, 9.17) is 0 Å². The van der Waals surface area contributed by atoms with Gasteiger partial charge in [-0.25, -0.2) is 0 Å². The Morgan fingerprint density at radius 3 is 1.24 bits per heavy atom. The van der Waals surface area contributed by atoms with E-state index < -0.39 is 17.2 Å². The summed E-state index contributed by atoms with van der Waals surface area (Å²) in [6.07, 6.45) is 0. The van der Waals surface area contributed by atoms with Crippen molar-refractivity contribution in [3.8, 4) is 0 Å². The third kappa shape index (κ3) is 6.17. The molecule has 8 nitrogen and oxygen atoms in total. The second-order valence-electron chi connectivity index (χ2n) is 7.06. The predicted octanol–water partition coefficient (Wildman–Crippen LogP) is 3.21. The van der Waals surface area contributed by atoms with E-state index in [2.05, 4.69) is 21.3 Å². The van der Waals surface area contributed by atoms with Crippen molar-refractivity contribution >= 4 is 46.4 Å². The zero-order valence-electron chi connectivity index (χ0n) is 16.8. The second-order valence-corrected chi connectivity index (χ2v) is 7.06. The number of nitrogens with one attached hydrogen (secondary N) is 4. The average Bonchev–Trinajstić information content (AvgIpc) is 2.61. The molecule has 152 valence electrons. The maximum Gasteiger partial charge on any atom is 0.239 e. The van der Waals surface area contributed by atoms with E-state index in [1.807, 2.05) is 0 Å². The highest BCUT2D eigenvalue weighted by Crippen LogP contribution is 2.24. The number of hydrogen-bond donors (Lipinski definition) is 4. The maximum atomic E-state index is 12.7. The molecule has 0 spiro atoms. The number of benzene rings is 2. The summed E-state index contributed by atoms with van der Waals surface area (Å²) >= 11 is 0. The van der Waals surface area contributed by atoms with Crippen molar-refractivity contribution in [3.05, 3.63) is 48.5 Å². The first-order chi connectivity index (χ1) is 13.6. The first-order valence-corrected chi connectivity index (χ1v) is 8.96. The summed E-state index contributed by atoms with van der Waals surface area (Å²) < 4.78 is 0. The van der Waals surface area contributed by atoms with Gasteiger partial charge in [0.15, 0.2) is 0 Å². The number of hydrogen-bond acceptors (Lipinski definition) is 4. The van der Waals surface area contributed by atoms with E-state index in [1.54, 1.807) is 48.5 Å². The van der Waals surface area contributed by atoms with Gasteiger partial charge in [0.1, 0.15) is 5.41 Å². The minimum Gasteiger partial charge on any atom is -0.326 e. The van der Waals surface area contributed by atoms with E-state index in [9.17, 15) is 19.2 Å². The zero-order valence-corrected chi connectivity index (χ0v) is 16.8. The Balaban J connectivity index is 2.09. The van der Waals surface area contributed by atoms with E-state index in [-0.39, 0.29) is 11.8 Å². The van der Waals surface area contributed by atoms with Crippen molar-refractivity contribution in [1.82, 2.24) is 0 Å². The molecule has 4 N–H and O–H groups in total. The molecule has 0 saturated heterocycles. The van der Waals surface area contributed by atoms with E-state index in [1.165, 1.54) is 27.7 Å². The van der Waals surface area contributed by atoms with Crippen LogP contribution in [-0.4, -0.2) is 23.6 Å². The lowest BCUT2D eigenvalue weighted by atomic mass is 9.90. The van der Waals surface area contributed by atoms with E-state index >= 15 is 0 Å². The summed E-state index contributed by atoms with van der Waals surface area (Å²) in [5.41, 5.74) is 0.595. The fourth-order valence-electron chi connectivity index (χ4n) is 2.43. The summed E-state index contributed by atoms with van der Waals surface area (Å²) in [4.78, 5) is 47.7. The fourth-order valence-corrected chi connectivity index (χ4v) is 2.43. The van der Waals surface area contributed by atoms with Crippen LogP contribution in [0.4, 0.5) is 22.7 Å². The molecule has 4 amide bonds. The van der Waals surface area contributed by atoms with Crippen LogP contribution >= 0.6 is 0 Å². The van der Waals surface area contributed by atoms with Gasteiger partial charge < -0.3 is 21.3 Å². The lowest BCUT2D eigenvalue weighted by Crippen LogP contribution is -2.41. The molecular formula is C21H24N4O4. The Kier molecular flexibility index (Phi) is 6.71. The highest BCUT2D eigenvalue weighted by Gasteiger charge is 2.36. The molecule has 29 heavy (non-hydrogen) atoms. The van der Waals surface area contributed by atoms with Gasteiger partial charge in [-0.1, -0.05) is 12.1 Å². The summed E-state index contributed by atoms with van der Waals surface area (Å²) in [6.45, 7) is 5.79. The number of carbonyl (C=O) groups excluding carboxylic acids is 4. The van der Waals surface area contributed by atoms with Crippen molar-refractivity contribution in [3.63, 3.8) is 0 Å². The Hall–Kier alpha value is -3.68. The number of rotatable bonds is 6. The molecule has 0 atom stereocenters. The first kappa shape index (κ1) is 21.6. The Bertz CT molecular complexity index is 878. The molecule has 8 heteroatoms. The largest absolute Gasteiger partial charge is 0.326 e. The molecule has 0 aliphatic heterocycles. The number of amides is 4. The second kappa shape index (κ2) is 9.01. The molecule has 0 aliphatic carbocycles. The molecule has 0 aromatic heterocycles. The minimum absolute atomic E-state index is 0.227. The molecule has 0 aliphatic rings. The van der Waals surface area contributed by atoms with E-state index in [0.29, 0.717) is 22.7 Å². The summed E-state index contributed by atoms with van der Waals surface area (Å²) in [5.74, 6) is -1.47. The summed E-state index contributed by atoms with van der Waals surface area (Å²) in [6, 6.07) is 13.3. The monoisotopic (exact) mass is 396 g/mol. The molecular weight excluding hydrogens is 372 g/mol. The molecule has 0 saturated carbocycles. The lowest BCUT2D eigenvalue weighted by Gasteiger charge is -2.23. The van der Waals surface area contributed by atoms with Crippen LogP contribution in [0.25, 0.3) is 0 Å². The Labute approximate surface area is 169 Å². The molecule has 0 radical (unpaired) electrons. The summed E-state index contributed by atoms with van der Waals surface area (Å²) in [5, 5.41) is 10.6. The SMILES string of the molecule is CC(=O)Nc1cccc(NC(=O)C(C)(C)C(=O)Nc2cccc(NC(C)=O)c2)c1. The molecule has 2 aromatic rings. The van der Waals surface area contributed by atoms with Crippen LogP contribution < -0.4 is 21.3 Å². The molecule has 2 rings (SSSR count).